The summed E-state index contributed by atoms with van der Waals surface area (Å²) in [7, 11) is 0. The van der Waals surface area contributed by atoms with Crippen molar-refractivity contribution >= 4 is 22.4 Å². The van der Waals surface area contributed by atoms with Crippen LogP contribution in [0.2, 0.25) is 0 Å². The van der Waals surface area contributed by atoms with Crippen LogP contribution in [0.3, 0.4) is 0 Å². The van der Waals surface area contributed by atoms with Gasteiger partial charge in [-0.2, -0.15) is 0 Å². The van der Waals surface area contributed by atoms with Crippen LogP contribution in [0.15, 0.2) is 54.6 Å². The highest BCUT2D eigenvalue weighted by molar-refractivity contribution is 7.15. The van der Waals surface area contributed by atoms with Crippen LogP contribution in [-0.4, -0.2) is 29.3 Å². The molecule has 0 saturated heterocycles. The molecule has 3 rings (SSSR count). The Morgan fingerprint density at radius 1 is 1.04 bits per heavy atom. The molecule has 0 saturated carbocycles. The van der Waals surface area contributed by atoms with Gasteiger partial charge in [0.15, 0.2) is 6.61 Å². The number of aryl methyl sites for hydroxylation is 1. The Kier molecular flexibility index (Phi) is 6.16. The molecule has 0 aliphatic rings. The molecule has 1 aromatic heterocycles. The molecule has 1 amide bonds. The summed E-state index contributed by atoms with van der Waals surface area (Å²) in [6.07, 6.45) is 0.627. The van der Waals surface area contributed by atoms with Crippen LogP contribution in [0, 0.1) is 6.92 Å². The van der Waals surface area contributed by atoms with E-state index in [2.05, 4.69) is 15.5 Å². The van der Waals surface area contributed by atoms with Gasteiger partial charge in [0.25, 0.3) is 5.91 Å². The highest BCUT2D eigenvalue weighted by Crippen LogP contribution is 2.17. The number of nitrogens with one attached hydrogen (secondary N) is 1. The summed E-state index contributed by atoms with van der Waals surface area (Å²) in [6, 6.07) is 17.1. The maximum atomic E-state index is 11.9. The SMILES string of the molecule is Cc1cccc(OCCc2nnc(NC(=O)COc3ccccc3)s2)c1. The molecule has 0 atom stereocenters. The van der Waals surface area contributed by atoms with E-state index in [0.717, 1.165) is 16.3 Å². The van der Waals surface area contributed by atoms with E-state index in [0.29, 0.717) is 23.9 Å². The predicted molar refractivity (Wildman–Crippen MR) is 101 cm³/mol. The average Bonchev–Trinajstić information content (AvgIpc) is 3.08. The lowest BCUT2D eigenvalue weighted by Crippen LogP contribution is -2.20. The number of benzene rings is 2. The van der Waals surface area contributed by atoms with E-state index in [1.165, 1.54) is 11.3 Å². The van der Waals surface area contributed by atoms with E-state index in [-0.39, 0.29) is 12.5 Å². The number of hydrogen-bond donors (Lipinski definition) is 1. The predicted octanol–water partition coefficient (Wildman–Crippen LogP) is 3.49. The summed E-state index contributed by atoms with van der Waals surface area (Å²) in [4.78, 5) is 11.9. The van der Waals surface area contributed by atoms with Gasteiger partial charge in [0.2, 0.25) is 5.13 Å². The van der Waals surface area contributed by atoms with E-state index in [1.807, 2.05) is 49.4 Å². The maximum absolute atomic E-state index is 11.9. The van der Waals surface area contributed by atoms with Gasteiger partial charge in [-0.25, -0.2) is 0 Å². The number of amides is 1. The maximum Gasteiger partial charge on any atom is 0.264 e. The zero-order valence-electron chi connectivity index (χ0n) is 14.3. The Balaban J connectivity index is 1.41. The number of aromatic nitrogens is 2. The van der Waals surface area contributed by atoms with Crippen LogP contribution >= 0.6 is 11.3 Å². The molecule has 2 aromatic carbocycles. The van der Waals surface area contributed by atoms with E-state index in [4.69, 9.17) is 9.47 Å². The average molecular weight is 369 g/mol. The third-order valence-electron chi connectivity index (χ3n) is 3.40. The molecule has 1 N–H and O–H groups in total. The van der Waals surface area contributed by atoms with Gasteiger partial charge in [0.05, 0.1) is 6.61 Å². The smallest absolute Gasteiger partial charge is 0.264 e. The minimum absolute atomic E-state index is 0.0740. The fourth-order valence-electron chi connectivity index (χ4n) is 2.19. The third-order valence-corrected chi connectivity index (χ3v) is 4.30. The Hall–Kier alpha value is -2.93. The summed E-state index contributed by atoms with van der Waals surface area (Å²) in [5.41, 5.74) is 1.15. The Morgan fingerprint density at radius 3 is 2.65 bits per heavy atom. The van der Waals surface area contributed by atoms with E-state index in [1.54, 1.807) is 12.1 Å². The summed E-state index contributed by atoms with van der Waals surface area (Å²) in [5.74, 6) is 1.21. The minimum Gasteiger partial charge on any atom is -0.493 e. The lowest BCUT2D eigenvalue weighted by atomic mass is 10.2. The van der Waals surface area contributed by atoms with Gasteiger partial charge in [0.1, 0.15) is 16.5 Å². The number of ether oxygens (including phenoxy) is 2. The molecule has 1 heterocycles. The van der Waals surface area contributed by atoms with Gasteiger partial charge in [-0.1, -0.05) is 41.7 Å². The number of nitrogens with zero attached hydrogens (tertiary/aromatic N) is 2. The summed E-state index contributed by atoms with van der Waals surface area (Å²) in [5, 5.41) is 12.0. The molecule has 0 radical (unpaired) electrons. The highest BCUT2D eigenvalue weighted by atomic mass is 32.1. The Morgan fingerprint density at radius 2 is 1.85 bits per heavy atom. The van der Waals surface area contributed by atoms with Crippen LogP contribution in [0.4, 0.5) is 5.13 Å². The van der Waals surface area contributed by atoms with E-state index < -0.39 is 0 Å². The number of anilines is 1. The molecule has 7 heteroatoms. The van der Waals surface area contributed by atoms with E-state index >= 15 is 0 Å². The monoisotopic (exact) mass is 369 g/mol. The molecule has 3 aromatic rings. The van der Waals surface area contributed by atoms with Crippen LogP contribution in [-0.2, 0) is 11.2 Å². The van der Waals surface area contributed by atoms with Crippen molar-refractivity contribution in [3.63, 3.8) is 0 Å². The molecule has 0 aliphatic heterocycles. The number of carbonyl (C=O) groups excluding carboxylic acids is 1. The van der Waals surface area contributed by atoms with Gasteiger partial charge in [-0.3, -0.25) is 10.1 Å². The van der Waals surface area contributed by atoms with Crippen molar-refractivity contribution in [1.82, 2.24) is 10.2 Å². The molecule has 0 unspecified atom stereocenters. The molecule has 0 aliphatic carbocycles. The van der Waals surface area contributed by atoms with Crippen molar-refractivity contribution < 1.29 is 14.3 Å². The van der Waals surface area contributed by atoms with Crippen molar-refractivity contribution in [2.45, 2.75) is 13.3 Å². The van der Waals surface area contributed by atoms with Crippen LogP contribution in [0.5, 0.6) is 11.5 Å². The number of rotatable bonds is 8. The van der Waals surface area contributed by atoms with Crippen molar-refractivity contribution in [2.75, 3.05) is 18.5 Å². The van der Waals surface area contributed by atoms with Gasteiger partial charge in [0, 0.05) is 6.42 Å². The standard InChI is InChI=1S/C19H19N3O3S/c1-14-6-5-9-16(12-14)24-11-10-18-21-22-19(26-18)20-17(23)13-25-15-7-3-2-4-8-15/h2-9,12H,10-11,13H2,1H3,(H,20,22,23). The first-order valence-electron chi connectivity index (χ1n) is 8.18. The van der Waals surface area contributed by atoms with Crippen LogP contribution < -0.4 is 14.8 Å². The van der Waals surface area contributed by atoms with Crippen LogP contribution in [0.1, 0.15) is 10.6 Å². The number of para-hydroxylation sites is 1. The van der Waals surface area contributed by atoms with Crippen molar-refractivity contribution in [1.29, 1.82) is 0 Å². The fourth-order valence-corrected chi connectivity index (χ4v) is 2.92. The molecular weight excluding hydrogens is 350 g/mol. The first kappa shape index (κ1) is 17.9. The molecular formula is C19H19N3O3S. The summed E-state index contributed by atoms with van der Waals surface area (Å²) < 4.78 is 11.1. The topological polar surface area (TPSA) is 73.3 Å². The molecule has 134 valence electrons. The lowest BCUT2D eigenvalue weighted by molar-refractivity contribution is -0.118. The molecule has 26 heavy (non-hydrogen) atoms. The van der Waals surface area contributed by atoms with Crippen molar-refractivity contribution in [2.24, 2.45) is 0 Å². The van der Waals surface area contributed by atoms with Gasteiger partial charge in [-0.15, -0.1) is 10.2 Å². The molecule has 0 fully saturated rings. The summed E-state index contributed by atoms with van der Waals surface area (Å²) in [6.45, 7) is 2.45. The second-order valence-electron chi connectivity index (χ2n) is 5.57. The zero-order valence-corrected chi connectivity index (χ0v) is 15.2. The first-order chi connectivity index (χ1) is 12.7. The van der Waals surface area contributed by atoms with Gasteiger partial charge >= 0.3 is 0 Å². The Labute approximate surface area is 155 Å². The van der Waals surface area contributed by atoms with Crippen LogP contribution in [0.25, 0.3) is 0 Å². The number of hydrogen-bond acceptors (Lipinski definition) is 6. The largest absolute Gasteiger partial charge is 0.493 e. The molecule has 0 spiro atoms. The second kappa shape index (κ2) is 8.96. The normalized spacial score (nSPS) is 10.3. The van der Waals surface area contributed by atoms with Gasteiger partial charge < -0.3 is 9.47 Å². The van der Waals surface area contributed by atoms with Crippen molar-refractivity contribution in [3.8, 4) is 11.5 Å². The van der Waals surface area contributed by atoms with E-state index in [9.17, 15) is 4.79 Å². The van der Waals surface area contributed by atoms with Crippen molar-refractivity contribution in [3.05, 3.63) is 65.2 Å². The molecule has 6 nitrogen and oxygen atoms in total. The van der Waals surface area contributed by atoms with Gasteiger partial charge in [-0.05, 0) is 36.8 Å². The highest BCUT2D eigenvalue weighted by Gasteiger charge is 2.09. The minimum atomic E-state index is -0.271. The Bertz CT molecular complexity index is 852. The quantitative estimate of drug-likeness (QED) is 0.658. The fraction of sp³-hybridized carbons (Fsp3) is 0.211. The first-order valence-corrected chi connectivity index (χ1v) is 9.00. The number of carbonyl (C=O) groups is 1. The lowest BCUT2D eigenvalue weighted by Gasteiger charge is -2.05. The zero-order chi connectivity index (χ0) is 18.2. The third kappa shape index (κ3) is 5.56. The summed E-state index contributed by atoms with van der Waals surface area (Å²) >= 11 is 1.33. The second-order valence-corrected chi connectivity index (χ2v) is 6.63. The molecule has 0 bridgehead atoms.